The number of nitrogens with one attached hydrogen (secondary N) is 1. The largest absolute Gasteiger partial charge is 0.355 e. The first-order valence-electron chi connectivity index (χ1n) is 5.43. The van der Waals surface area contributed by atoms with Crippen molar-refractivity contribution in [2.45, 2.75) is 26.2 Å². The van der Waals surface area contributed by atoms with E-state index in [0.29, 0.717) is 11.8 Å². The fourth-order valence-corrected chi connectivity index (χ4v) is 1.73. The lowest BCUT2D eigenvalue weighted by molar-refractivity contribution is 0.501. The predicted molar refractivity (Wildman–Crippen MR) is 63.1 cm³/mol. The number of aromatic nitrogens is 1. The summed E-state index contributed by atoms with van der Waals surface area (Å²) in [7, 11) is 0. The molecule has 0 unspecified atom stereocenters. The predicted octanol–water partition coefficient (Wildman–Crippen LogP) is 3.24. The van der Waals surface area contributed by atoms with Crippen molar-refractivity contribution in [1.29, 1.82) is 0 Å². The highest BCUT2D eigenvalue weighted by atomic mass is 19.2. The van der Waals surface area contributed by atoms with Gasteiger partial charge in [-0.2, -0.15) is 0 Å². The number of benzene rings is 1. The van der Waals surface area contributed by atoms with E-state index in [2.05, 4.69) is 4.98 Å². The van der Waals surface area contributed by atoms with Gasteiger partial charge in [0.05, 0.1) is 10.9 Å². The Morgan fingerprint density at radius 2 is 1.67 bits per heavy atom. The Morgan fingerprint density at radius 1 is 1.06 bits per heavy atom. The molecule has 0 atom stereocenters. The first-order chi connectivity index (χ1) is 8.21. The maximum atomic E-state index is 13.6. The molecule has 0 radical (unpaired) electrons. The van der Waals surface area contributed by atoms with Crippen molar-refractivity contribution in [3.05, 3.63) is 45.5 Å². The van der Waals surface area contributed by atoms with Gasteiger partial charge in [0.15, 0.2) is 17.1 Å². The van der Waals surface area contributed by atoms with E-state index in [1.165, 1.54) is 6.07 Å². The van der Waals surface area contributed by atoms with Gasteiger partial charge in [0.25, 0.3) is 0 Å². The molecule has 1 aromatic heterocycles. The molecule has 0 aliphatic carbocycles. The van der Waals surface area contributed by atoms with E-state index in [9.17, 15) is 18.0 Å². The molecular weight excluding hydrogens is 243 g/mol. The molecule has 0 spiro atoms. The number of halogens is 3. The van der Waals surface area contributed by atoms with E-state index < -0.39 is 39.2 Å². The molecular formula is C13H12F3NO. The van der Waals surface area contributed by atoms with Crippen LogP contribution in [0.4, 0.5) is 13.2 Å². The Morgan fingerprint density at radius 3 is 2.22 bits per heavy atom. The molecule has 96 valence electrons. The first kappa shape index (κ1) is 12.7. The Balaban J connectivity index is 2.97. The summed E-state index contributed by atoms with van der Waals surface area (Å²) in [6, 6.07) is 1.59. The molecule has 18 heavy (non-hydrogen) atoms. The summed E-state index contributed by atoms with van der Waals surface area (Å²) in [5, 5.41) is -0.457. The monoisotopic (exact) mass is 255 g/mol. The average molecular weight is 255 g/mol. The number of hydrogen-bond donors (Lipinski definition) is 1. The van der Waals surface area contributed by atoms with Gasteiger partial charge in [0.2, 0.25) is 0 Å². The second-order valence-electron chi connectivity index (χ2n) is 5.20. The number of pyridine rings is 1. The Kier molecular flexibility index (Phi) is 2.72. The summed E-state index contributed by atoms with van der Waals surface area (Å²) in [4.78, 5) is 14.4. The molecule has 5 heteroatoms. The van der Waals surface area contributed by atoms with Crippen molar-refractivity contribution in [2.75, 3.05) is 0 Å². The number of fused-ring (bicyclic) bond motifs is 1. The molecule has 1 aromatic carbocycles. The van der Waals surface area contributed by atoms with Gasteiger partial charge in [-0.3, -0.25) is 4.79 Å². The number of H-pyrrole nitrogens is 1. The number of rotatable bonds is 0. The van der Waals surface area contributed by atoms with Gasteiger partial charge in [0.1, 0.15) is 5.82 Å². The summed E-state index contributed by atoms with van der Waals surface area (Å²) in [5.41, 5.74) is -1.12. The standard InChI is InChI=1S/C13H12F3NO/c1-13(2,3)9-5-8(18)10-6(14)4-7(15)11(16)12(10)17-9/h4-5H,1-3H3,(H,17,18). The maximum Gasteiger partial charge on any atom is 0.192 e. The van der Waals surface area contributed by atoms with Crippen LogP contribution in [-0.2, 0) is 5.41 Å². The SMILES string of the molecule is CC(C)(C)c1cc(=O)c2c(F)cc(F)c(F)c2[nH]1. The normalized spacial score (nSPS) is 12.1. The molecule has 0 amide bonds. The number of hydrogen-bond acceptors (Lipinski definition) is 1. The summed E-state index contributed by atoms with van der Waals surface area (Å²) in [6.07, 6.45) is 0. The Bertz CT molecular complexity index is 683. The van der Waals surface area contributed by atoms with Crippen LogP contribution in [0.15, 0.2) is 16.9 Å². The zero-order chi connectivity index (χ0) is 13.7. The van der Waals surface area contributed by atoms with Gasteiger partial charge in [-0.25, -0.2) is 13.2 Å². The number of aromatic amines is 1. The molecule has 0 bridgehead atoms. The van der Waals surface area contributed by atoms with Gasteiger partial charge < -0.3 is 4.98 Å². The van der Waals surface area contributed by atoms with Crippen molar-refractivity contribution in [3.63, 3.8) is 0 Å². The smallest absolute Gasteiger partial charge is 0.192 e. The highest BCUT2D eigenvalue weighted by molar-refractivity contribution is 5.80. The van der Waals surface area contributed by atoms with Crippen LogP contribution in [0, 0.1) is 17.5 Å². The third-order valence-corrected chi connectivity index (χ3v) is 2.76. The summed E-state index contributed by atoms with van der Waals surface area (Å²) < 4.78 is 40.2. The topological polar surface area (TPSA) is 32.9 Å². The van der Waals surface area contributed by atoms with E-state index in [4.69, 9.17) is 0 Å². The minimum absolute atomic E-state index is 0.379. The molecule has 2 nitrogen and oxygen atoms in total. The molecule has 0 aliphatic rings. The minimum atomic E-state index is -1.32. The molecule has 0 saturated carbocycles. The highest BCUT2D eigenvalue weighted by Gasteiger charge is 2.20. The minimum Gasteiger partial charge on any atom is -0.355 e. The van der Waals surface area contributed by atoms with Crippen LogP contribution in [-0.4, -0.2) is 4.98 Å². The van der Waals surface area contributed by atoms with E-state index in [0.717, 1.165) is 0 Å². The fraction of sp³-hybridized carbons (Fsp3) is 0.308. The van der Waals surface area contributed by atoms with Crippen molar-refractivity contribution < 1.29 is 13.2 Å². The van der Waals surface area contributed by atoms with Crippen LogP contribution in [0.2, 0.25) is 0 Å². The first-order valence-corrected chi connectivity index (χ1v) is 5.43. The van der Waals surface area contributed by atoms with E-state index in [1.54, 1.807) is 20.8 Å². The second kappa shape index (κ2) is 3.86. The molecule has 1 N–H and O–H groups in total. The van der Waals surface area contributed by atoms with Crippen LogP contribution < -0.4 is 5.43 Å². The molecule has 2 aromatic rings. The lowest BCUT2D eigenvalue weighted by Crippen LogP contribution is -2.19. The van der Waals surface area contributed by atoms with Crippen molar-refractivity contribution in [1.82, 2.24) is 4.98 Å². The van der Waals surface area contributed by atoms with Crippen LogP contribution in [0.3, 0.4) is 0 Å². The molecule has 1 heterocycles. The fourth-order valence-electron chi connectivity index (χ4n) is 1.73. The van der Waals surface area contributed by atoms with E-state index in [-0.39, 0.29) is 0 Å². The van der Waals surface area contributed by atoms with Crippen LogP contribution >= 0.6 is 0 Å². The van der Waals surface area contributed by atoms with Crippen LogP contribution in [0.25, 0.3) is 10.9 Å². The van der Waals surface area contributed by atoms with Crippen molar-refractivity contribution in [3.8, 4) is 0 Å². The lowest BCUT2D eigenvalue weighted by atomic mass is 9.91. The Labute approximate surface area is 101 Å². The van der Waals surface area contributed by atoms with E-state index in [1.807, 2.05) is 0 Å². The van der Waals surface area contributed by atoms with Gasteiger partial charge >= 0.3 is 0 Å². The summed E-state index contributed by atoms with van der Waals surface area (Å²) in [5.74, 6) is -3.62. The lowest BCUT2D eigenvalue weighted by Gasteiger charge is -2.19. The van der Waals surface area contributed by atoms with Gasteiger partial charge in [-0.05, 0) is 0 Å². The van der Waals surface area contributed by atoms with Crippen LogP contribution in [0.1, 0.15) is 26.5 Å². The summed E-state index contributed by atoms with van der Waals surface area (Å²) in [6.45, 7) is 5.41. The van der Waals surface area contributed by atoms with Gasteiger partial charge in [-0.15, -0.1) is 0 Å². The average Bonchev–Trinajstić information content (AvgIpc) is 2.23. The second-order valence-corrected chi connectivity index (χ2v) is 5.20. The van der Waals surface area contributed by atoms with Gasteiger partial charge in [0, 0.05) is 23.2 Å². The molecule has 0 saturated heterocycles. The highest BCUT2D eigenvalue weighted by Crippen LogP contribution is 2.24. The van der Waals surface area contributed by atoms with Gasteiger partial charge in [-0.1, -0.05) is 20.8 Å². The third-order valence-electron chi connectivity index (χ3n) is 2.76. The van der Waals surface area contributed by atoms with Crippen molar-refractivity contribution >= 4 is 10.9 Å². The molecule has 0 fully saturated rings. The quantitative estimate of drug-likeness (QED) is 0.720. The van der Waals surface area contributed by atoms with Crippen LogP contribution in [0.5, 0.6) is 0 Å². The molecule has 2 rings (SSSR count). The third kappa shape index (κ3) is 1.89. The zero-order valence-corrected chi connectivity index (χ0v) is 10.2. The Hall–Kier alpha value is -1.78. The summed E-state index contributed by atoms with van der Waals surface area (Å²) >= 11 is 0. The zero-order valence-electron chi connectivity index (χ0n) is 10.2. The van der Waals surface area contributed by atoms with E-state index >= 15 is 0 Å². The van der Waals surface area contributed by atoms with Crippen molar-refractivity contribution in [2.24, 2.45) is 0 Å². The molecule has 0 aliphatic heterocycles. The maximum absolute atomic E-state index is 13.6.